The van der Waals surface area contributed by atoms with Crippen LogP contribution >= 0.6 is 7.60 Å². The van der Waals surface area contributed by atoms with Crippen LogP contribution in [0, 0.1) is 5.92 Å². The maximum absolute atomic E-state index is 12.8. The first-order valence-electron chi connectivity index (χ1n) is 9.62. The fourth-order valence-corrected chi connectivity index (χ4v) is 4.53. The molecule has 0 atom stereocenters. The second-order valence-electron chi connectivity index (χ2n) is 7.69. The van der Waals surface area contributed by atoms with Gasteiger partial charge in [-0.1, -0.05) is 0 Å². The number of anilines is 1. The molecule has 1 aliphatic carbocycles. The minimum Gasteiger partial charge on any atom is -0.480 e. The van der Waals surface area contributed by atoms with Gasteiger partial charge in [0.25, 0.3) is 5.56 Å². The van der Waals surface area contributed by atoms with E-state index < -0.39 is 7.60 Å². The zero-order chi connectivity index (χ0) is 19.9. The highest BCUT2D eigenvalue weighted by molar-refractivity contribution is 7.51. The molecule has 0 aromatic carbocycles. The van der Waals surface area contributed by atoms with Crippen molar-refractivity contribution in [2.45, 2.75) is 38.1 Å². The van der Waals surface area contributed by atoms with Crippen LogP contribution in [0.3, 0.4) is 0 Å². The highest BCUT2D eigenvalue weighted by Gasteiger charge is 2.28. The van der Waals surface area contributed by atoms with Crippen LogP contribution in [-0.2, 0) is 4.57 Å². The van der Waals surface area contributed by atoms with Crippen LogP contribution in [0.25, 0.3) is 10.8 Å². The normalized spacial score (nSPS) is 18.6. The fourth-order valence-electron chi connectivity index (χ4n) is 3.83. The van der Waals surface area contributed by atoms with Gasteiger partial charge >= 0.3 is 7.60 Å². The summed E-state index contributed by atoms with van der Waals surface area (Å²) in [5.74, 6) is 1.36. The number of hydrogen-bond donors (Lipinski definition) is 2. The number of hydrogen-bond acceptors (Lipinski definition) is 6. The highest BCUT2D eigenvalue weighted by atomic mass is 31.2. The Balaban J connectivity index is 1.54. The molecule has 10 heteroatoms. The Kier molecular flexibility index (Phi) is 5.16. The number of rotatable bonds is 6. The van der Waals surface area contributed by atoms with E-state index in [4.69, 9.17) is 14.5 Å². The van der Waals surface area contributed by atoms with Gasteiger partial charge in [0.1, 0.15) is 11.2 Å². The van der Waals surface area contributed by atoms with Gasteiger partial charge in [-0.15, -0.1) is 0 Å². The molecular weight excluding hydrogens is 383 g/mol. The lowest BCUT2D eigenvalue weighted by Crippen LogP contribution is -2.34. The molecule has 2 aromatic heterocycles. The lowest BCUT2D eigenvalue weighted by molar-refractivity contribution is 0.349. The first-order valence-corrected chi connectivity index (χ1v) is 11.4. The second kappa shape index (κ2) is 7.46. The van der Waals surface area contributed by atoms with Gasteiger partial charge in [-0.2, -0.15) is 10.1 Å². The summed E-state index contributed by atoms with van der Waals surface area (Å²) in [7, 11) is -2.42. The molecule has 2 N–H and O–H groups in total. The number of methoxy groups -OCH3 is 1. The van der Waals surface area contributed by atoms with Crippen molar-refractivity contribution in [2.24, 2.45) is 5.92 Å². The summed E-state index contributed by atoms with van der Waals surface area (Å²) in [5, 5.41) is 5.50. The molecule has 28 heavy (non-hydrogen) atoms. The number of fused-ring (bicyclic) bond motifs is 1. The summed E-state index contributed by atoms with van der Waals surface area (Å²) >= 11 is 0. The van der Waals surface area contributed by atoms with E-state index in [-0.39, 0.29) is 17.8 Å². The number of aromatic nitrogens is 3. The molecule has 1 aliphatic heterocycles. The number of piperidine rings is 1. The smallest absolute Gasteiger partial charge is 0.325 e. The summed E-state index contributed by atoms with van der Waals surface area (Å²) < 4.78 is 18.0. The number of pyridine rings is 1. The molecule has 0 radical (unpaired) electrons. The van der Waals surface area contributed by atoms with E-state index in [2.05, 4.69) is 15.0 Å². The van der Waals surface area contributed by atoms with Gasteiger partial charge in [-0.3, -0.25) is 9.36 Å². The molecular formula is C18H25N4O5P. The molecule has 0 spiro atoms. The highest BCUT2D eigenvalue weighted by Crippen LogP contribution is 2.38. The van der Waals surface area contributed by atoms with E-state index in [0.717, 1.165) is 44.6 Å². The monoisotopic (exact) mass is 408 g/mol. The van der Waals surface area contributed by atoms with Gasteiger partial charge in [-0.05, 0) is 44.1 Å². The molecule has 4 rings (SSSR count). The third-order valence-electron chi connectivity index (χ3n) is 5.60. The van der Waals surface area contributed by atoms with E-state index >= 15 is 0 Å². The van der Waals surface area contributed by atoms with Gasteiger partial charge in [0.15, 0.2) is 0 Å². The van der Waals surface area contributed by atoms with Crippen molar-refractivity contribution in [1.82, 2.24) is 14.8 Å². The fraction of sp³-hybridized carbons (Fsp3) is 0.611. The van der Waals surface area contributed by atoms with Crippen molar-refractivity contribution in [3.63, 3.8) is 0 Å². The average molecular weight is 408 g/mol. The Morgan fingerprint density at radius 1 is 1.25 bits per heavy atom. The van der Waals surface area contributed by atoms with E-state index in [1.54, 1.807) is 6.20 Å². The van der Waals surface area contributed by atoms with E-state index in [9.17, 15) is 9.36 Å². The molecule has 152 valence electrons. The van der Waals surface area contributed by atoms with Crippen LogP contribution in [0.15, 0.2) is 17.1 Å². The SMILES string of the molecule is COc1nc(N2CCC(CCP(=O)(O)O)CC2)cc2cnn(C3CC3)c(=O)c12. The Morgan fingerprint density at radius 2 is 1.96 bits per heavy atom. The van der Waals surface area contributed by atoms with Crippen molar-refractivity contribution in [3.8, 4) is 5.88 Å². The molecule has 2 aliphatic rings. The van der Waals surface area contributed by atoms with Crippen molar-refractivity contribution in [1.29, 1.82) is 0 Å². The molecule has 1 saturated carbocycles. The third-order valence-corrected chi connectivity index (χ3v) is 6.44. The van der Waals surface area contributed by atoms with Crippen LogP contribution in [0.1, 0.15) is 38.1 Å². The Bertz CT molecular complexity index is 976. The summed E-state index contributed by atoms with van der Waals surface area (Å²) in [6, 6.07) is 2.06. The Morgan fingerprint density at radius 3 is 2.57 bits per heavy atom. The third kappa shape index (κ3) is 4.06. The molecule has 1 saturated heterocycles. The molecule has 0 amide bonds. The number of nitrogens with zero attached hydrogens (tertiary/aromatic N) is 4. The van der Waals surface area contributed by atoms with E-state index in [1.807, 2.05) is 6.07 Å². The second-order valence-corrected chi connectivity index (χ2v) is 9.46. The van der Waals surface area contributed by atoms with Gasteiger partial charge in [0.05, 0.1) is 25.5 Å². The van der Waals surface area contributed by atoms with Gasteiger partial charge in [-0.25, -0.2) is 4.68 Å². The maximum atomic E-state index is 12.8. The summed E-state index contributed by atoms with van der Waals surface area (Å²) in [6.07, 6.45) is 5.84. The predicted octanol–water partition coefficient (Wildman–Crippen LogP) is 1.92. The van der Waals surface area contributed by atoms with Gasteiger partial charge < -0.3 is 19.4 Å². The molecule has 3 heterocycles. The molecule has 2 fully saturated rings. The van der Waals surface area contributed by atoms with Crippen LogP contribution in [0.2, 0.25) is 0 Å². The van der Waals surface area contributed by atoms with Crippen molar-refractivity contribution < 1.29 is 19.1 Å². The van der Waals surface area contributed by atoms with Crippen LogP contribution in [0.5, 0.6) is 5.88 Å². The quantitative estimate of drug-likeness (QED) is 0.696. The first-order chi connectivity index (χ1) is 13.4. The van der Waals surface area contributed by atoms with Crippen molar-refractivity contribution >= 4 is 24.2 Å². The predicted molar refractivity (Wildman–Crippen MR) is 105 cm³/mol. The van der Waals surface area contributed by atoms with Crippen LogP contribution in [0.4, 0.5) is 5.82 Å². The largest absolute Gasteiger partial charge is 0.480 e. The molecule has 2 aromatic rings. The molecule has 0 bridgehead atoms. The van der Waals surface area contributed by atoms with Gasteiger partial charge in [0, 0.05) is 18.5 Å². The summed E-state index contributed by atoms with van der Waals surface area (Å²) in [4.78, 5) is 37.6. The Hall–Kier alpha value is -1.96. The maximum Gasteiger partial charge on any atom is 0.325 e. The summed E-state index contributed by atoms with van der Waals surface area (Å²) in [6.45, 7) is 1.50. The van der Waals surface area contributed by atoms with E-state index in [1.165, 1.54) is 11.8 Å². The first kappa shape index (κ1) is 19.4. The number of ether oxygens (including phenoxy) is 1. The minimum absolute atomic E-state index is 0.0569. The lowest BCUT2D eigenvalue weighted by atomic mass is 9.94. The van der Waals surface area contributed by atoms with Crippen molar-refractivity contribution in [2.75, 3.05) is 31.3 Å². The molecule has 0 unspecified atom stereocenters. The average Bonchev–Trinajstić information content (AvgIpc) is 3.50. The molecule has 9 nitrogen and oxygen atoms in total. The summed E-state index contributed by atoms with van der Waals surface area (Å²) in [5.41, 5.74) is -0.160. The van der Waals surface area contributed by atoms with Crippen LogP contribution in [-0.4, -0.2) is 50.9 Å². The lowest BCUT2D eigenvalue weighted by Gasteiger charge is -2.33. The Labute approximate surface area is 162 Å². The van der Waals surface area contributed by atoms with Crippen LogP contribution < -0.4 is 15.2 Å². The topological polar surface area (TPSA) is 118 Å². The van der Waals surface area contributed by atoms with Gasteiger partial charge in [0.2, 0.25) is 5.88 Å². The van der Waals surface area contributed by atoms with E-state index in [0.29, 0.717) is 29.0 Å². The zero-order valence-corrected chi connectivity index (χ0v) is 16.7. The standard InChI is InChI=1S/C18H25N4O5P/c1-27-17-16-13(11-19-22(18(16)23)14-2-3-14)10-15(20-17)21-7-4-12(5-8-21)6-9-28(24,25)26/h10-12,14H,2-9H2,1H3,(H2,24,25,26). The van der Waals surface area contributed by atoms with Crippen molar-refractivity contribution in [3.05, 3.63) is 22.6 Å². The minimum atomic E-state index is -3.94. The zero-order valence-electron chi connectivity index (χ0n) is 15.8.